The van der Waals surface area contributed by atoms with Gasteiger partial charge in [0.05, 0.1) is 12.3 Å². The van der Waals surface area contributed by atoms with Crippen LogP contribution in [-0.4, -0.2) is 18.5 Å². The molecule has 1 aromatic rings. The molecule has 0 saturated carbocycles. The van der Waals surface area contributed by atoms with Crippen molar-refractivity contribution in [2.45, 2.75) is 6.92 Å². The Labute approximate surface area is 97.7 Å². The zero-order valence-electron chi connectivity index (χ0n) is 8.62. The van der Waals surface area contributed by atoms with Crippen molar-refractivity contribution < 1.29 is 14.3 Å². The summed E-state index contributed by atoms with van der Waals surface area (Å²) in [6, 6.07) is 6.70. The Balaban J connectivity index is 2.46. The summed E-state index contributed by atoms with van der Waals surface area (Å²) >= 11 is 5.73. The van der Waals surface area contributed by atoms with Crippen LogP contribution in [0.4, 0.5) is 5.69 Å². The standard InChI is InChI=1S/C10H11ClN2O3/c1-2-16-10(15)9(14)13-12-8-5-3-4-7(11)6-8/h3-6,12H,2H2,1H3,(H,13,14). The van der Waals surface area contributed by atoms with Crippen LogP contribution in [0.5, 0.6) is 0 Å². The molecule has 0 aliphatic rings. The fourth-order valence-electron chi connectivity index (χ4n) is 0.943. The summed E-state index contributed by atoms with van der Waals surface area (Å²) in [6.45, 7) is 1.78. The highest BCUT2D eigenvalue weighted by Crippen LogP contribution is 2.13. The molecule has 0 bridgehead atoms. The number of hydrogen-bond donors (Lipinski definition) is 2. The Morgan fingerprint density at radius 2 is 2.19 bits per heavy atom. The number of benzene rings is 1. The Bertz CT molecular complexity index is 395. The number of amides is 1. The van der Waals surface area contributed by atoms with Crippen molar-refractivity contribution in [3.8, 4) is 0 Å². The average Bonchev–Trinajstić information content (AvgIpc) is 2.26. The molecule has 1 aromatic carbocycles. The molecule has 1 rings (SSSR count). The van der Waals surface area contributed by atoms with E-state index >= 15 is 0 Å². The van der Waals surface area contributed by atoms with E-state index in [4.69, 9.17) is 11.6 Å². The van der Waals surface area contributed by atoms with Gasteiger partial charge < -0.3 is 4.74 Å². The second-order valence-electron chi connectivity index (χ2n) is 2.81. The van der Waals surface area contributed by atoms with E-state index in [9.17, 15) is 9.59 Å². The van der Waals surface area contributed by atoms with Crippen LogP contribution in [0.15, 0.2) is 24.3 Å². The van der Waals surface area contributed by atoms with E-state index < -0.39 is 11.9 Å². The van der Waals surface area contributed by atoms with E-state index in [2.05, 4.69) is 15.6 Å². The van der Waals surface area contributed by atoms with Crippen molar-refractivity contribution in [2.75, 3.05) is 12.0 Å². The van der Waals surface area contributed by atoms with Gasteiger partial charge in [-0.2, -0.15) is 0 Å². The van der Waals surface area contributed by atoms with E-state index in [-0.39, 0.29) is 6.61 Å². The van der Waals surface area contributed by atoms with Crippen LogP contribution >= 0.6 is 11.6 Å². The highest BCUT2D eigenvalue weighted by Gasteiger charge is 2.13. The predicted octanol–water partition coefficient (Wildman–Crippen LogP) is 1.35. The summed E-state index contributed by atoms with van der Waals surface area (Å²) in [6.07, 6.45) is 0. The van der Waals surface area contributed by atoms with Gasteiger partial charge in [0.15, 0.2) is 0 Å². The number of anilines is 1. The predicted molar refractivity (Wildman–Crippen MR) is 59.9 cm³/mol. The SMILES string of the molecule is CCOC(=O)C(=O)NNc1cccc(Cl)c1. The largest absolute Gasteiger partial charge is 0.459 e. The fourth-order valence-corrected chi connectivity index (χ4v) is 1.13. The lowest BCUT2D eigenvalue weighted by Gasteiger charge is -2.07. The van der Waals surface area contributed by atoms with Crippen molar-refractivity contribution in [3.05, 3.63) is 29.3 Å². The van der Waals surface area contributed by atoms with Gasteiger partial charge in [0.2, 0.25) is 0 Å². The van der Waals surface area contributed by atoms with Gasteiger partial charge in [-0.25, -0.2) is 4.79 Å². The molecular formula is C10H11ClN2O3. The Hall–Kier alpha value is -1.75. The third kappa shape index (κ3) is 3.78. The summed E-state index contributed by atoms with van der Waals surface area (Å²) in [7, 11) is 0. The second-order valence-corrected chi connectivity index (χ2v) is 3.25. The van der Waals surface area contributed by atoms with Crippen LogP contribution in [0.25, 0.3) is 0 Å². The molecule has 0 fully saturated rings. The molecule has 16 heavy (non-hydrogen) atoms. The average molecular weight is 243 g/mol. The quantitative estimate of drug-likeness (QED) is 0.477. The maximum Gasteiger partial charge on any atom is 0.398 e. The van der Waals surface area contributed by atoms with Gasteiger partial charge in [-0.15, -0.1) is 0 Å². The number of nitrogens with one attached hydrogen (secondary N) is 2. The molecule has 0 atom stereocenters. The maximum atomic E-state index is 11.1. The molecular weight excluding hydrogens is 232 g/mol. The number of esters is 1. The Morgan fingerprint density at radius 1 is 1.44 bits per heavy atom. The van der Waals surface area contributed by atoms with Gasteiger partial charge in [0, 0.05) is 5.02 Å². The number of carbonyl (C=O) groups is 2. The lowest BCUT2D eigenvalue weighted by molar-refractivity contribution is -0.154. The van der Waals surface area contributed by atoms with Crippen molar-refractivity contribution in [3.63, 3.8) is 0 Å². The van der Waals surface area contributed by atoms with Crippen molar-refractivity contribution in [2.24, 2.45) is 0 Å². The molecule has 5 nitrogen and oxygen atoms in total. The molecule has 0 spiro atoms. The number of ether oxygens (including phenoxy) is 1. The van der Waals surface area contributed by atoms with Crippen LogP contribution in [-0.2, 0) is 14.3 Å². The van der Waals surface area contributed by atoms with Crippen LogP contribution in [0.1, 0.15) is 6.92 Å². The van der Waals surface area contributed by atoms with Crippen LogP contribution in [0.2, 0.25) is 5.02 Å². The Morgan fingerprint density at radius 3 is 2.81 bits per heavy atom. The first-order valence-corrected chi connectivity index (χ1v) is 5.00. The van der Waals surface area contributed by atoms with Crippen molar-refractivity contribution >= 4 is 29.2 Å². The van der Waals surface area contributed by atoms with Gasteiger partial charge in [0.25, 0.3) is 0 Å². The third-order valence-electron chi connectivity index (χ3n) is 1.61. The van der Waals surface area contributed by atoms with Crippen LogP contribution < -0.4 is 10.9 Å². The first kappa shape index (κ1) is 12.3. The minimum Gasteiger partial charge on any atom is -0.459 e. The molecule has 0 heterocycles. The van der Waals surface area contributed by atoms with Gasteiger partial charge >= 0.3 is 11.9 Å². The molecule has 0 aliphatic heterocycles. The summed E-state index contributed by atoms with van der Waals surface area (Å²) < 4.78 is 4.50. The second kappa shape index (κ2) is 5.97. The molecule has 0 unspecified atom stereocenters. The molecule has 0 saturated heterocycles. The smallest absolute Gasteiger partial charge is 0.398 e. The lowest BCUT2D eigenvalue weighted by Crippen LogP contribution is -2.36. The van der Waals surface area contributed by atoms with E-state index in [0.29, 0.717) is 10.7 Å². The number of hydrogen-bond acceptors (Lipinski definition) is 4. The van der Waals surface area contributed by atoms with E-state index in [1.807, 2.05) is 0 Å². The van der Waals surface area contributed by atoms with E-state index in [0.717, 1.165) is 0 Å². The van der Waals surface area contributed by atoms with Crippen molar-refractivity contribution in [1.29, 1.82) is 0 Å². The zero-order chi connectivity index (χ0) is 12.0. The zero-order valence-corrected chi connectivity index (χ0v) is 9.38. The maximum absolute atomic E-state index is 11.1. The highest BCUT2D eigenvalue weighted by atomic mass is 35.5. The number of halogens is 1. The fraction of sp³-hybridized carbons (Fsp3) is 0.200. The molecule has 2 N–H and O–H groups in total. The third-order valence-corrected chi connectivity index (χ3v) is 1.84. The number of hydrazine groups is 1. The summed E-state index contributed by atoms with van der Waals surface area (Å²) in [4.78, 5) is 22.0. The summed E-state index contributed by atoms with van der Waals surface area (Å²) in [5, 5.41) is 0.524. The topological polar surface area (TPSA) is 67.4 Å². The van der Waals surface area contributed by atoms with Crippen LogP contribution in [0.3, 0.4) is 0 Å². The molecule has 0 aromatic heterocycles. The summed E-state index contributed by atoms with van der Waals surface area (Å²) in [5.41, 5.74) is 5.30. The molecule has 1 amide bonds. The van der Waals surface area contributed by atoms with E-state index in [1.165, 1.54) is 0 Å². The van der Waals surface area contributed by atoms with Crippen molar-refractivity contribution in [1.82, 2.24) is 5.43 Å². The number of carbonyl (C=O) groups excluding carboxylic acids is 2. The lowest BCUT2D eigenvalue weighted by atomic mass is 10.3. The minimum atomic E-state index is -0.933. The summed E-state index contributed by atoms with van der Waals surface area (Å²) in [5.74, 6) is -1.79. The highest BCUT2D eigenvalue weighted by molar-refractivity contribution is 6.32. The Kier molecular flexibility index (Phi) is 4.60. The molecule has 0 aliphatic carbocycles. The molecule has 86 valence electrons. The van der Waals surface area contributed by atoms with Gasteiger partial charge in [0.1, 0.15) is 0 Å². The normalized spacial score (nSPS) is 9.38. The van der Waals surface area contributed by atoms with Gasteiger partial charge in [-0.3, -0.25) is 15.6 Å². The minimum absolute atomic E-state index is 0.156. The molecule has 6 heteroatoms. The van der Waals surface area contributed by atoms with Gasteiger partial charge in [-0.05, 0) is 25.1 Å². The van der Waals surface area contributed by atoms with Gasteiger partial charge in [-0.1, -0.05) is 17.7 Å². The van der Waals surface area contributed by atoms with Crippen LogP contribution in [0, 0.1) is 0 Å². The first-order valence-electron chi connectivity index (χ1n) is 4.62. The molecule has 0 radical (unpaired) electrons. The number of rotatable bonds is 3. The monoisotopic (exact) mass is 242 g/mol. The first-order chi connectivity index (χ1) is 7.63. The van der Waals surface area contributed by atoms with E-state index in [1.54, 1.807) is 31.2 Å².